The highest BCUT2D eigenvalue weighted by atomic mass is 19.1. The smallest absolute Gasteiger partial charge is 0.224 e. The second kappa shape index (κ2) is 6.87. The Kier molecular flexibility index (Phi) is 4.80. The molecular weight excluding hydrogens is 315 g/mol. The molecule has 0 spiro atoms. The summed E-state index contributed by atoms with van der Waals surface area (Å²) in [6.45, 7) is 9.06. The normalized spacial score (nSPS) is 13.6. The Morgan fingerprint density at radius 1 is 1.20 bits per heavy atom. The number of hydrogen-bond donors (Lipinski definition) is 1. The highest BCUT2D eigenvalue weighted by molar-refractivity contribution is 5.92. The monoisotopic (exact) mass is 340 g/mol. The molecular formula is C21H25FN2O. The van der Waals surface area contributed by atoms with Gasteiger partial charge in [0, 0.05) is 30.8 Å². The van der Waals surface area contributed by atoms with Crippen LogP contribution in [0.25, 0.3) is 0 Å². The number of carbonyl (C=O) groups is 1. The molecule has 1 amide bonds. The number of benzene rings is 2. The molecule has 0 saturated carbocycles. The first-order chi connectivity index (χ1) is 11.9. The molecule has 0 unspecified atom stereocenters. The number of halogens is 1. The number of aryl methyl sites for hydroxylation is 2. The number of fused-ring (bicyclic) bond motifs is 1. The molecule has 0 aromatic heterocycles. The standard InChI is InChI=1S/C21H25FN2O/c1-5-19(25)23-21-14(3)11-18(20(22)15(21)4)24-9-8-16-10-13(2)6-7-17(16)12-24/h6-7,10-11H,5,8-9,12H2,1-4H3,(H,23,25). The summed E-state index contributed by atoms with van der Waals surface area (Å²) in [6, 6.07) is 8.33. The first-order valence-corrected chi connectivity index (χ1v) is 8.83. The quantitative estimate of drug-likeness (QED) is 0.881. The number of nitrogens with zero attached hydrogens (tertiary/aromatic N) is 1. The Morgan fingerprint density at radius 2 is 1.96 bits per heavy atom. The summed E-state index contributed by atoms with van der Waals surface area (Å²) in [5.41, 5.74) is 6.50. The van der Waals surface area contributed by atoms with Crippen molar-refractivity contribution in [3.63, 3.8) is 0 Å². The van der Waals surface area contributed by atoms with E-state index in [9.17, 15) is 4.79 Å². The van der Waals surface area contributed by atoms with Gasteiger partial charge >= 0.3 is 0 Å². The number of amides is 1. The van der Waals surface area contributed by atoms with E-state index in [2.05, 4.69) is 35.3 Å². The van der Waals surface area contributed by atoms with Gasteiger partial charge in [-0.2, -0.15) is 0 Å². The van der Waals surface area contributed by atoms with Crippen LogP contribution in [0, 0.1) is 26.6 Å². The van der Waals surface area contributed by atoms with Crippen LogP contribution in [0.1, 0.15) is 41.2 Å². The van der Waals surface area contributed by atoms with E-state index in [0.717, 1.165) is 18.5 Å². The van der Waals surface area contributed by atoms with Gasteiger partial charge < -0.3 is 10.2 Å². The predicted molar refractivity (Wildman–Crippen MR) is 101 cm³/mol. The van der Waals surface area contributed by atoms with Gasteiger partial charge in [-0.05, 0) is 49.9 Å². The Balaban J connectivity index is 1.93. The molecule has 25 heavy (non-hydrogen) atoms. The largest absolute Gasteiger partial charge is 0.364 e. The van der Waals surface area contributed by atoms with Gasteiger partial charge in [-0.15, -0.1) is 0 Å². The molecule has 0 fully saturated rings. The molecule has 1 heterocycles. The van der Waals surface area contributed by atoms with Crippen molar-refractivity contribution in [1.82, 2.24) is 0 Å². The van der Waals surface area contributed by atoms with Crippen molar-refractivity contribution in [2.24, 2.45) is 0 Å². The fourth-order valence-electron chi connectivity index (χ4n) is 3.48. The van der Waals surface area contributed by atoms with E-state index in [1.165, 1.54) is 16.7 Å². The lowest BCUT2D eigenvalue weighted by Crippen LogP contribution is -2.31. The molecule has 1 N–H and O–H groups in total. The molecule has 1 aliphatic rings. The predicted octanol–water partition coefficient (Wildman–Crippen LogP) is 4.66. The Bertz CT molecular complexity index is 829. The third-order valence-corrected chi connectivity index (χ3v) is 4.98. The Hall–Kier alpha value is -2.36. The third-order valence-electron chi connectivity index (χ3n) is 4.98. The van der Waals surface area contributed by atoms with Crippen molar-refractivity contribution < 1.29 is 9.18 Å². The maximum Gasteiger partial charge on any atom is 0.224 e. The van der Waals surface area contributed by atoms with Crippen molar-refractivity contribution >= 4 is 17.3 Å². The number of nitrogens with one attached hydrogen (secondary N) is 1. The second-order valence-corrected chi connectivity index (χ2v) is 6.87. The summed E-state index contributed by atoms with van der Waals surface area (Å²) < 4.78 is 15.0. The van der Waals surface area contributed by atoms with E-state index < -0.39 is 0 Å². The number of anilines is 2. The van der Waals surface area contributed by atoms with E-state index in [-0.39, 0.29) is 11.7 Å². The van der Waals surface area contributed by atoms with Gasteiger partial charge in [0.05, 0.1) is 5.69 Å². The molecule has 3 nitrogen and oxygen atoms in total. The SMILES string of the molecule is CCC(=O)Nc1c(C)cc(N2CCc3cc(C)ccc3C2)c(F)c1C. The fourth-order valence-corrected chi connectivity index (χ4v) is 3.48. The summed E-state index contributed by atoms with van der Waals surface area (Å²) in [5, 5.41) is 2.82. The van der Waals surface area contributed by atoms with E-state index in [4.69, 9.17) is 0 Å². The Labute approximate surface area is 148 Å². The lowest BCUT2D eigenvalue weighted by molar-refractivity contribution is -0.115. The van der Waals surface area contributed by atoms with Crippen molar-refractivity contribution in [2.45, 2.75) is 47.1 Å². The van der Waals surface area contributed by atoms with E-state index in [1.807, 2.05) is 13.0 Å². The van der Waals surface area contributed by atoms with Gasteiger partial charge in [-0.1, -0.05) is 30.7 Å². The maximum absolute atomic E-state index is 15.0. The van der Waals surface area contributed by atoms with Gasteiger partial charge in [-0.25, -0.2) is 4.39 Å². The summed E-state index contributed by atoms with van der Waals surface area (Å²) in [5.74, 6) is -0.340. The third kappa shape index (κ3) is 3.39. The van der Waals surface area contributed by atoms with Crippen LogP contribution in [0.3, 0.4) is 0 Å². The average Bonchev–Trinajstić information content (AvgIpc) is 2.61. The van der Waals surface area contributed by atoms with Crippen molar-refractivity contribution in [3.8, 4) is 0 Å². The van der Waals surface area contributed by atoms with Crippen molar-refractivity contribution in [2.75, 3.05) is 16.8 Å². The van der Waals surface area contributed by atoms with Crippen molar-refractivity contribution in [3.05, 3.63) is 57.9 Å². The minimum absolute atomic E-state index is 0.0966. The summed E-state index contributed by atoms with van der Waals surface area (Å²) in [6.07, 6.45) is 1.30. The highest BCUT2D eigenvalue weighted by Crippen LogP contribution is 2.34. The van der Waals surface area contributed by atoms with Gasteiger partial charge in [0.2, 0.25) is 5.91 Å². The van der Waals surface area contributed by atoms with Gasteiger partial charge in [0.15, 0.2) is 5.82 Å². The van der Waals surface area contributed by atoms with Gasteiger partial charge in [-0.3, -0.25) is 4.79 Å². The number of rotatable bonds is 3. The highest BCUT2D eigenvalue weighted by Gasteiger charge is 2.22. The average molecular weight is 340 g/mol. The van der Waals surface area contributed by atoms with E-state index in [1.54, 1.807) is 13.8 Å². The minimum atomic E-state index is -0.243. The molecule has 0 aliphatic carbocycles. The fraction of sp³-hybridized carbons (Fsp3) is 0.381. The zero-order chi connectivity index (χ0) is 18.1. The minimum Gasteiger partial charge on any atom is -0.364 e. The van der Waals surface area contributed by atoms with E-state index in [0.29, 0.717) is 29.9 Å². The molecule has 4 heteroatoms. The van der Waals surface area contributed by atoms with Crippen molar-refractivity contribution in [1.29, 1.82) is 0 Å². The molecule has 0 bridgehead atoms. The van der Waals surface area contributed by atoms with Crippen LogP contribution in [0.15, 0.2) is 24.3 Å². The topological polar surface area (TPSA) is 32.3 Å². The zero-order valence-corrected chi connectivity index (χ0v) is 15.4. The van der Waals surface area contributed by atoms with Crippen LogP contribution >= 0.6 is 0 Å². The molecule has 0 radical (unpaired) electrons. The summed E-state index contributed by atoms with van der Waals surface area (Å²) in [7, 11) is 0. The van der Waals surface area contributed by atoms with Gasteiger partial charge in [0.1, 0.15) is 0 Å². The zero-order valence-electron chi connectivity index (χ0n) is 15.4. The molecule has 2 aromatic carbocycles. The van der Waals surface area contributed by atoms with Crippen LogP contribution in [-0.2, 0) is 17.8 Å². The Morgan fingerprint density at radius 3 is 2.68 bits per heavy atom. The summed E-state index contributed by atoms with van der Waals surface area (Å²) in [4.78, 5) is 13.8. The molecule has 1 aliphatic heterocycles. The summed E-state index contributed by atoms with van der Waals surface area (Å²) >= 11 is 0. The van der Waals surface area contributed by atoms with Crippen LogP contribution in [0.4, 0.5) is 15.8 Å². The van der Waals surface area contributed by atoms with Gasteiger partial charge in [0.25, 0.3) is 0 Å². The maximum atomic E-state index is 15.0. The molecule has 3 rings (SSSR count). The first kappa shape index (κ1) is 17.5. The molecule has 132 valence electrons. The molecule has 0 saturated heterocycles. The van der Waals surface area contributed by atoms with Crippen LogP contribution < -0.4 is 10.2 Å². The lowest BCUT2D eigenvalue weighted by atomic mass is 9.96. The van der Waals surface area contributed by atoms with Crippen LogP contribution in [-0.4, -0.2) is 12.5 Å². The van der Waals surface area contributed by atoms with Crippen LogP contribution in [0.2, 0.25) is 0 Å². The van der Waals surface area contributed by atoms with E-state index >= 15 is 4.39 Å². The number of carbonyl (C=O) groups excluding carboxylic acids is 1. The lowest BCUT2D eigenvalue weighted by Gasteiger charge is -2.32. The second-order valence-electron chi connectivity index (χ2n) is 6.87. The van der Waals surface area contributed by atoms with Crippen LogP contribution in [0.5, 0.6) is 0 Å². The molecule has 2 aromatic rings. The first-order valence-electron chi connectivity index (χ1n) is 8.83. The number of hydrogen-bond acceptors (Lipinski definition) is 2. The molecule has 0 atom stereocenters.